The van der Waals surface area contributed by atoms with Gasteiger partial charge in [-0.1, -0.05) is 33.3 Å². The molecule has 90 valence electrons. The average molecular weight is 360 g/mol. The molecule has 0 saturated carbocycles. The largest absolute Gasteiger partial charge is 0.308 e. The highest BCUT2D eigenvalue weighted by Crippen LogP contribution is 2.27. The van der Waals surface area contributed by atoms with Crippen LogP contribution in [0.4, 0.5) is 0 Å². The summed E-state index contributed by atoms with van der Waals surface area (Å²) in [5.74, 6) is 0. The van der Waals surface area contributed by atoms with Crippen LogP contribution in [0, 0.1) is 0 Å². The average Bonchev–Trinajstić information content (AvgIpc) is 2.64. The number of halogens is 2. The van der Waals surface area contributed by atoms with Gasteiger partial charge < -0.3 is 5.32 Å². The lowest BCUT2D eigenvalue weighted by atomic mass is 10.0. The Morgan fingerprint density at radius 1 is 1.24 bits per heavy atom. The highest BCUT2D eigenvalue weighted by Gasteiger charge is 2.20. The fraction of sp³-hybridized carbons (Fsp3) is 0.273. The second-order valence-electron chi connectivity index (χ2n) is 3.66. The van der Waals surface area contributed by atoms with Gasteiger partial charge in [0.1, 0.15) is 0 Å². The first kappa shape index (κ1) is 12.7. The lowest BCUT2D eigenvalue weighted by Crippen LogP contribution is -2.21. The summed E-state index contributed by atoms with van der Waals surface area (Å²) in [5.41, 5.74) is 2.18. The van der Waals surface area contributed by atoms with Crippen LogP contribution in [0.25, 0.3) is 0 Å². The summed E-state index contributed by atoms with van der Waals surface area (Å²) in [7, 11) is 3.81. The smallest absolute Gasteiger partial charge is 0.153 e. The number of benzene rings is 1. The van der Waals surface area contributed by atoms with Crippen molar-refractivity contribution in [2.75, 3.05) is 7.05 Å². The molecule has 0 amide bonds. The van der Waals surface area contributed by atoms with Gasteiger partial charge in [0.15, 0.2) is 4.60 Å². The van der Waals surface area contributed by atoms with Crippen molar-refractivity contribution in [1.29, 1.82) is 0 Å². The first-order valence-corrected chi connectivity index (χ1v) is 6.70. The lowest BCUT2D eigenvalue weighted by molar-refractivity contribution is 0.597. The zero-order chi connectivity index (χ0) is 12.4. The Bertz CT molecular complexity index is 487. The van der Waals surface area contributed by atoms with Crippen molar-refractivity contribution in [2.45, 2.75) is 6.04 Å². The number of aromatic nitrogens is 3. The van der Waals surface area contributed by atoms with Gasteiger partial charge in [-0.3, -0.25) is 0 Å². The highest BCUT2D eigenvalue weighted by atomic mass is 79.9. The van der Waals surface area contributed by atoms with E-state index < -0.39 is 0 Å². The fourth-order valence-corrected chi connectivity index (χ4v) is 2.58. The molecule has 2 rings (SSSR count). The Labute approximate surface area is 117 Å². The van der Waals surface area contributed by atoms with Gasteiger partial charge >= 0.3 is 0 Å². The Kier molecular flexibility index (Phi) is 3.96. The standard InChI is InChI=1S/C11H12Br2N4/c1-14-9(7-3-5-8(12)6-4-7)10-11(13)15-16-17(10)2/h3-6,9,14H,1-2H3. The van der Waals surface area contributed by atoms with Crippen molar-refractivity contribution in [3.05, 3.63) is 44.6 Å². The van der Waals surface area contributed by atoms with E-state index in [2.05, 4.69) is 59.6 Å². The molecule has 2 aromatic rings. The van der Waals surface area contributed by atoms with Crippen molar-refractivity contribution < 1.29 is 0 Å². The molecule has 0 radical (unpaired) electrons. The van der Waals surface area contributed by atoms with Crippen LogP contribution < -0.4 is 5.32 Å². The Balaban J connectivity index is 2.43. The topological polar surface area (TPSA) is 42.7 Å². The van der Waals surface area contributed by atoms with Crippen LogP contribution in [0.2, 0.25) is 0 Å². The minimum atomic E-state index is 0.0671. The summed E-state index contributed by atoms with van der Waals surface area (Å²) in [6.45, 7) is 0. The Hall–Kier alpha value is -0.720. The monoisotopic (exact) mass is 358 g/mol. The third-order valence-corrected chi connectivity index (χ3v) is 3.69. The van der Waals surface area contributed by atoms with E-state index in [9.17, 15) is 0 Å². The molecular formula is C11H12Br2N4. The van der Waals surface area contributed by atoms with Crippen molar-refractivity contribution in [3.8, 4) is 0 Å². The minimum absolute atomic E-state index is 0.0671. The van der Waals surface area contributed by atoms with Crippen molar-refractivity contribution >= 4 is 31.9 Å². The molecule has 1 aromatic heterocycles. The molecule has 6 heteroatoms. The van der Waals surface area contributed by atoms with E-state index in [1.54, 1.807) is 4.68 Å². The number of hydrogen-bond donors (Lipinski definition) is 1. The maximum Gasteiger partial charge on any atom is 0.153 e. The molecule has 1 atom stereocenters. The summed E-state index contributed by atoms with van der Waals surface area (Å²) in [6, 6.07) is 8.27. The third kappa shape index (κ3) is 2.59. The molecule has 17 heavy (non-hydrogen) atoms. The molecule has 0 spiro atoms. The quantitative estimate of drug-likeness (QED) is 0.916. The summed E-state index contributed by atoms with van der Waals surface area (Å²) >= 11 is 6.86. The van der Waals surface area contributed by atoms with Gasteiger partial charge in [0.05, 0.1) is 11.7 Å². The van der Waals surface area contributed by atoms with Crippen LogP contribution in [0.3, 0.4) is 0 Å². The van der Waals surface area contributed by atoms with E-state index in [0.29, 0.717) is 0 Å². The van der Waals surface area contributed by atoms with Crippen LogP contribution >= 0.6 is 31.9 Å². The van der Waals surface area contributed by atoms with E-state index in [-0.39, 0.29) is 6.04 Å². The van der Waals surface area contributed by atoms with E-state index >= 15 is 0 Å². The zero-order valence-corrected chi connectivity index (χ0v) is 12.7. The van der Waals surface area contributed by atoms with Gasteiger partial charge in [0.2, 0.25) is 0 Å². The second kappa shape index (κ2) is 5.29. The normalized spacial score (nSPS) is 12.7. The maximum absolute atomic E-state index is 4.01. The van der Waals surface area contributed by atoms with Crippen molar-refractivity contribution in [2.24, 2.45) is 7.05 Å². The molecule has 4 nitrogen and oxygen atoms in total. The number of nitrogens with zero attached hydrogens (tertiary/aromatic N) is 3. The van der Waals surface area contributed by atoms with E-state index in [0.717, 1.165) is 14.8 Å². The molecule has 0 aliphatic rings. The molecule has 1 unspecified atom stereocenters. The first-order valence-electron chi connectivity index (χ1n) is 5.11. The summed E-state index contributed by atoms with van der Waals surface area (Å²) in [5, 5.41) is 11.3. The number of aryl methyl sites for hydroxylation is 1. The minimum Gasteiger partial charge on any atom is -0.308 e. The van der Waals surface area contributed by atoms with E-state index in [1.807, 2.05) is 26.2 Å². The van der Waals surface area contributed by atoms with Crippen LogP contribution in [-0.4, -0.2) is 22.0 Å². The fourth-order valence-electron chi connectivity index (χ4n) is 1.76. The number of hydrogen-bond acceptors (Lipinski definition) is 3. The molecule has 0 bridgehead atoms. The van der Waals surface area contributed by atoms with Crippen LogP contribution in [0.1, 0.15) is 17.3 Å². The SMILES string of the molecule is CNC(c1ccc(Br)cc1)c1c(Br)nnn1C. The van der Waals surface area contributed by atoms with Gasteiger partial charge in [-0.25, -0.2) is 4.68 Å². The number of rotatable bonds is 3. The highest BCUT2D eigenvalue weighted by molar-refractivity contribution is 9.10. The summed E-state index contributed by atoms with van der Waals surface area (Å²) in [4.78, 5) is 0. The second-order valence-corrected chi connectivity index (χ2v) is 5.33. The molecule has 1 heterocycles. The van der Waals surface area contributed by atoms with Crippen LogP contribution in [0.5, 0.6) is 0 Å². The van der Waals surface area contributed by atoms with Crippen molar-refractivity contribution in [1.82, 2.24) is 20.3 Å². The molecule has 0 fully saturated rings. The first-order chi connectivity index (χ1) is 8.13. The van der Waals surface area contributed by atoms with Gasteiger partial charge in [-0.15, -0.1) is 5.10 Å². The molecule has 0 aliphatic heterocycles. The van der Waals surface area contributed by atoms with Crippen LogP contribution in [0.15, 0.2) is 33.3 Å². The predicted octanol–water partition coefficient (Wildman–Crippen LogP) is 2.65. The van der Waals surface area contributed by atoms with Gasteiger partial charge in [-0.05, 0) is 40.7 Å². The molecule has 1 aromatic carbocycles. The van der Waals surface area contributed by atoms with Gasteiger partial charge in [0.25, 0.3) is 0 Å². The molecule has 0 aliphatic carbocycles. The Morgan fingerprint density at radius 2 is 1.88 bits per heavy atom. The molecule has 0 saturated heterocycles. The van der Waals surface area contributed by atoms with Crippen LogP contribution in [-0.2, 0) is 7.05 Å². The maximum atomic E-state index is 4.01. The Morgan fingerprint density at radius 3 is 2.35 bits per heavy atom. The molecular weight excluding hydrogens is 348 g/mol. The van der Waals surface area contributed by atoms with Crippen molar-refractivity contribution in [3.63, 3.8) is 0 Å². The predicted molar refractivity (Wildman–Crippen MR) is 73.7 cm³/mol. The summed E-state index contributed by atoms with van der Waals surface area (Å²) < 4.78 is 3.60. The van der Waals surface area contributed by atoms with Gasteiger partial charge in [0, 0.05) is 11.5 Å². The van der Waals surface area contributed by atoms with E-state index in [4.69, 9.17) is 0 Å². The zero-order valence-electron chi connectivity index (χ0n) is 9.48. The summed E-state index contributed by atoms with van der Waals surface area (Å²) in [6.07, 6.45) is 0. The lowest BCUT2D eigenvalue weighted by Gasteiger charge is -2.17. The molecule has 1 N–H and O–H groups in total. The third-order valence-electron chi connectivity index (χ3n) is 2.59. The van der Waals surface area contributed by atoms with Gasteiger partial charge in [-0.2, -0.15) is 0 Å². The van der Waals surface area contributed by atoms with E-state index in [1.165, 1.54) is 5.56 Å². The number of nitrogens with one attached hydrogen (secondary N) is 1.